The van der Waals surface area contributed by atoms with Gasteiger partial charge in [0.05, 0.1) is 0 Å². The van der Waals surface area contributed by atoms with Crippen molar-refractivity contribution in [1.29, 1.82) is 0 Å². The molecule has 0 radical (unpaired) electrons. The van der Waals surface area contributed by atoms with Gasteiger partial charge in [-0.25, -0.2) is 0 Å². The van der Waals surface area contributed by atoms with Gasteiger partial charge in [-0.1, -0.05) is 0 Å². The van der Waals surface area contributed by atoms with E-state index in [1.807, 2.05) is 6.92 Å². The second-order valence-electron chi connectivity index (χ2n) is 3.03. The Bertz CT molecular complexity index is 504. The summed E-state index contributed by atoms with van der Waals surface area (Å²) in [4.78, 5) is 0. The van der Waals surface area contributed by atoms with Gasteiger partial charge in [-0.2, -0.15) is 0 Å². The van der Waals surface area contributed by atoms with E-state index in [-0.39, 0.29) is 4.46 Å². The van der Waals surface area contributed by atoms with Crippen molar-refractivity contribution < 1.29 is 15.1 Å². The molecule has 4 heteroatoms. The first kappa shape index (κ1) is 9.37. The molecule has 0 spiro atoms. The van der Waals surface area contributed by atoms with Gasteiger partial charge in [0.1, 0.15) is 0 Å². The van der Waals surface area contributed by atoms with Crippen molar-refractivity contribution in [2.75, 3.05) is 7.11 Å². The number of ether oxygens (including phenoxy) is 1. The fourth-order valence-corrected chi connectivity index (χ4v) is 3.46. The van der Waals surface area contributed by atoms with Crippen LogP contribution < -0.4 is 9.20 Å². The third kappa shape index (κ3) is 2.58. The zero-order chi connectivity index (χ0) is 13.3. The van der Waals surface area contributed by atoms with Crippen LogP contribution in [-0.2, 0) is 14.1 Å². The van der Waals surface area contributed by atoms with Gasteiger partial charge in [0.25, 0.3) is 0 Å². The molecule has 1 aromatic rings. The van der Waals surface area contributed by atoms with E-state index in [1.165, 1.54) is 13.2 Å². The maximum absolute atomic E-state index is 12.1. The molecule has 15 heavy (non-hydrogen) atoms. The predicted octanol–water partition coefficient (Wildman–Crippen LogP) is 1.79. The standard InChI is InChI=1S/C11H16O3Se/c1-4-9-8-10(14-3)6-7-11(9)15(12,13)5-2/h6-8H,4-5H2,1-3H3/i5+1H2. The van der Waals surface area contributed by atoms with E-state index < -0.39 is 18.0 Å². The number of rotatable bonds is 4. The van der Waals surface area contributed by atoms with Crippen LogP contribution in [0.5, 0.6) is 5.75 Å². The normalized spacial score (nSPS) is 14.3. The van der Waals surface area contributed by atoms with Crippen LogP contribution in [0.25, 0.3) is 0 Å². The molecule has 0 atom stereocenters. The molecule has 1 aromatic carbocycles. The minimum absolute atomic E-state index is 0.108. The van der Waals surface area contributed by atoms with Gasteiger partial charge >= 0.3 is 94.5 Å². The molecule has 0 N–H and O–H groups in total. The second-order valence-corrected chi connectivity index (χ2v) is 6.93. The molecule has 3 nitrogen and oxygen atoms in total. The molecule has 0 fully saturated rings. The van der Waals surface area contributed by atoms with E-state index in [0.29, 0.717) is 17.7 Å². The average Bonchev–Trinajstić information content (AvgIpc) is 2.26. The van der Waals surface area contributed by atoms with Gasteiger partial charge in [-0.3, -0.25) is 0 Å². The fraction of sp³-hybridized carbons (Fsp3) is 0.455. The number of methoxy groups -OCH3 is 1. The van der Waals surface area contributed by atoms with Crippen molar-refractivity contribution in [3.05, 3.63) is 23.8 Å². The quantitative estimate of drug-likeness (QED) is 0.622. The zero-order valence-electron chi connectivity index (χ0n) is 11.1. The van der Waals surface area contributed by atoms with Crippen molar-refractivity contribution >= 4 is 17.2 Å². The van der Waals surface area contributed by atoms with Gasteiger partial charge < -0.3 is 0 Å². The van der Waals surface area contributed by atoms with Gasteiger partial charge in [0.15, 0.2) is 0 Å². The molecular formula is C11H16O3Se. The van der Waals surface area contributed by atoms with E-state index in [4.69, 9.17) is 7.48 Å². The van der Waals surface area contributed by atoms with Crippen molar-refractivity contribution in [1.82, 2.24) is 0 Å². The van der Waals surface area contributed by atoms with Crippen LogP contribution in [0.4, 0.5) is 0 Å². The summed E-state index contributed by atoms with van der Waals surface area (Å²) in [6.45, 7) is 2.91. The number of benzene rings is 1. The van der Waals surface area contributed by atoms with E-state index in [2.05, 4.69) is 0 Å². The third-order valence-electron chi connectivity index (χ3n) is 2.21. The van der Waals surface area contributed by atoms with E-state index in [9.17, 15) is 7.67 Å². The summed E-state index contributed by atoms with van der Waals surface area (Å²) < 4.78 is 44.2. The van der Waals surface area contributed by atoms with Gasteiger partial charge in [-0.05, 0) is 0 Å². The first-order chi connectivity index (χ1) is 7.74. The Morgan fingerprint density at radius 2 is 2.07 bits per heavy atom. The summed E-state index contributed by atoms with van der Waals surface area (Å²) in [6.07, 6.45) is 0.520. The molecule has 0 saturated carbocycles. The number of hydrogen-bond acceptors (Lipinski definition) is 3. The van der Waals surface area contributed by atoms with Crippen LogP contribution in [-0.4, -0.2) is 19.8 Å². The topological polar surface area (TPSA) is 43.4 Å². The van der Waals surface area contributed by atoms with Crippen LogP contribution in [0.1, 0.15) is 22.2 Å². The Labute approximate surface area is 94.9 Å². The van der Waals surface area contributed by atoms with Crippen molar-refractivity contribution in [3.63, 3.8) is 0 Å². The summed E-state index contributed by atoms with van der Waals surface area (Å²) in [6, 6.07) is 4.62. The molecule has 0 amide bonds. The minimum atomic E-state index is -4.80. The fourth-order valence-electron chi connectivity index (χ4n) is 1.33. The van der Waals surface area contributed by atoms with Crippen LogP contribution in [0.15, 0.2) is 18.2 Å². The van der Waals surface area contributed by atoms with Crippen LogP contribution in [0, 0.1) is 0 Å². The van der Waals surface area contributed by atoms with Crippen molar-refractivity contribution in [2.45, 2.75) is 25.5 Å². The molecule has 0 unspecified atom stereocenters. The number of aryl methyl sites for hydroxylation is 1. The molecule has 0 aliphatic rings. The molecule has 0 aromatic heterocycles. The Morgan fingerprint density at radius 1 is 1.40 bits per heavy atom. The van der Waals surface area contributed by atoms with Gasteiger partial charge in [0, 0.05) is 0 Å². The summed E-state index contributed by atoms with van der Waals surface area (Å²) in [5.41, 5.74) is 0.597. The molecule has 0 heterocycles. The van der Waals surface area contributed by atoms with Crippen LogP contribution >= 0.6 is 0 Å². The summed E-state index contributed by atoms with van der Waals surface area (Å²) >= 11 is -4.80. The molecule has 0 saturated heterocycles. The van der Waals surface area contributed by atoms with Gasteiger partial charge in [-0.15, -0.1) is 0 Å². The van der Waals surface area contributed by atoms with Crippen molar-refractivity contribution in [3.8, 4) is 5.75 Å². The molecule has 84 valence electrons. The van der Waals surface area contributed by atoms with Crippen LogP contribution in [0.2, 0.25) is 5.27 Å². The van der Waals surface area contributed by atoms with E-state index in [1.54, 1.807) is 12.1 Å². The van der Waals surface area contributed by atoms with E-state index >= 15 is 0 Å². The SMILES string of the molecule is [1H][13C]([1H])(C)[Se](=O)(=O)c1ccc(OC)cc1CC. The Morgan fingerprint density at radius 3 is 2.53 bits per heavy atom. The Balaban J connectivity index is 3.43. The average molecular weight is 276 g/mol. The van der Waals surface area contributed by atoms with Crippen LogP contribution in [0.3, 0.4) is 0 Å². The van der Waals surface area contributed by atoms with Gasteiger partial charge in [0.2, 0.25) is 0 Å². The predicted molar refractivity (Wildman–Crippen MR) is 59.6 cm³/mol. The Hall–Kier alpha value is -0.861. The summed E-state index contributed by atoms with van der Waals surface area (Å²) in [5, 5.41) is -2.21. The monoisotopic (exact) mass is 277 g/mol. The molecule has 0 aliphatic carbocycles. The Kier molecular flexibility index (Phi) is 2.98. The molecule has 0 aliphatic heterocycles. The molecular weight excluding hydrogens is 260 g/mol. The third-order valence-corrected chi connectivity index (χ3v) is 5.38. The first-order valence-corrected chi connectivity index (χ1v) is 7.76. The second kappa shape index (κ2) is 4.77. The zero-order valence-corrected chi connectivity index (χ0v) is 10.8. The summed E-state index contributed by atoms with van der Waals surface area (Å²) in [7, 11) is 1.51. The first-order valence-electron chi connectivity index (χ1n) is 5.65. The molecule has 0 bridgehead atoms. The number of hydrogen-bond donors (Lipinski definition) is 0. The molecule has 1 rings (SSSR count). The van der Waals surface area contributed by atoms with Crippen molar-refractivity contribution in [2.24, 2.45) is 0 Å². The maximum atomic E-state index is 12.1. The summed E-state index contributed by atoms with van der Waals surface area (Å²) in [5.74, 6) is 0.579. The van der Waals surface area contributed by atoms with E-state index in [0.717, 1.165) is 6.92 Å².